The van der Waals surface area contributed by atoms with Gasteiger partial charge >= 0.3 is 5.97 Å². The van der Waals surface area contributed by atoms with Gasteiger partial charge in [0.15, 0.2) is 6.10 Å². The summed E-state index contributed by atoms with van der Waals surface area (Å²) in [6.07, 6.45) is 3.49. The Morgan fingerprint density at radius 2 is 2.12 bits per heavy atom. The van der Waals surface area contributed by atoms with E-state index in [4.69, 9.17) is 4.74 Å². The van der Waals surface area contributed by atoms with Crippen LogP contribution in [-0.4, -0.2) is 29.0 Å². The first-order valence-corrected chi connectivity index (χ1v) is 9.82. The molecule has 0 saturated heterocycles. The summed E-state index contributed by atoms with van der Waals surface area (Å²) in [5, 5.41) is 7.71. The lowest BCUT2D eigenvalue weighted by molar-refractivity contribution is -0.129. The second-order valence-corrected chi connectivity index (χ2v) is 7.76. The summed E-state index contributed by atoms with van der Waals surface area (Å²) in [6, 6.07) is 2.18. The molecule has 1 aliphatic rings. The molecule has 0 spiro atoms. The van der Waals surface area contributed by atoms with Crippen LogP contribution in [0.25, 0.3) is 10.6 Å². The highest BCUT2D eigenvalue weighted by Gasteiger charge is 2.25. The molecule has 3 rings (SSSR count). The lowest BCUT2D eigenvalue weighted by Crippen LogP contribution is -2.40. The Labute approximate surface area is 149 Å². The number of nitrogens with zero attached hydrogens (tertiary/aromatic N) is 1. The average molecular weight is 364 g/mol. The Hall–Kier alpha value is -1.73. The normalized spacial score (nSPS) is 16.1. The molecule has 1 amide bonds. The molecule has 2 heterocycles. The minimum atomic E-state index is -0.802. The topological polar surface area (TPSA) is 68.3 Å². The van der Waals surface area contributed by atoms with Crippen molar-refractivity contribution in [2.75, 3.05) is 0 Å². The number of hydrogen-bond donors (Lipinski definition) is 1. The van der Waals surface area contributed by atoms with E-state index in [0.717, 1.165) is 36.3 Å². The molecule has 7 heteroatoms. The second-order valence-electron chi connectivity index (χ2n) is 5.98. The van der Waals surface area contributed by atoms with Gasteiger partial charge in [-0.2, -0.15) is 11.3 Å². The SMILES string of the molecule is Cc1nc(-c2ccsc2)sc1C(=O)OC(C)C(=O)NC1CCCC1. The van der Waals surface area contributed by atoms with Crippen LogP contribution in [-0.2, 0) is 9.53 Å². The number of hydrogen-bond acceptors (Lipinski definition) is 6. The molecular formula is C17H20N2O3S2. The van der Waals surface area contributed by atoms with E-state index in [-0.39, 0.29) is 11.9 Å². The number of thiazole rings is 1. The van der Waals surface area contributed by atoms with Crippen LogP contribution in [0.2, 0.25) is 0 Å². The molecule has 2 aromatic rings. The van der Waals surface area contributed by atoms with Gasteiger partial charge in [-0.1, -0.05) is 12.8 Å². The fourth-order valence-electron chi connectivity index (χ4n) is 2.75. The first-order valence-electron chi connectivity index (χ1n) is 8.06. The zero-order valence-electron chi connectivity index (χ0n) is 13.7. The van der Waals surface area contributed by atoms with Crippen molar-refractivity contribution >= 4 is 34.6 Å². The summed E-state index contributed by atoms with van der Waals surface area (Å²) >= 11 is 2.89. The first kappa shape index (κ1) is 17.1. The maximum atomic E-state index is 12.4. The van der Waals surface area contributed by atoms with Gasteiger partial charge in [-0.3, -0.25) is 4.79 Å². The van der Waals surface area contributed by atoms with Gasteiger partial charge in [0.25, 0.3) is 5.91 Å². The van der Waals surface area contributed by atoms with E-state index in [1.807, 2.05) is 16.8 Å². The van der Waals surface area contributed by atoms with Gasteiger partial charge in [0, 0.05) is 17.0 Å². The number of amides is 1. The molecule has 1 fully saturated rings. The van der Waals surface area contributed by atoms with Crippen LogP contribution in [0.5, 0.6) is 0 Å². The Balaban J connectivity index is 1.62. The van der Waals surface area contributed by atoms with E-state index in [9.17, 15) is 9.59 Å². The van der Waals surface area contributed by atoms with E-state index in [1.54, 1.807) is 25.2 Å². The molecule has 1 saturated carbocycles. The highest BCUT2D eigenvalue weighted by Crippen LogP contribution is 2.30. The third-order valence-corrected chi connectivity index (χ3v) is 5.97. The summed E-state index contributed by atoms with van der Waals surface area (Å²) < 4.78 is 5.34. The molecule has 0 aliphatic heterocycles. The minimum Gasteiger partial charge on any atom is -0.448 e. The van der Waals surface area contributed by atoms with E-state index >= 15 is 0 Å². The number of esters is 1. The average Bonchev–Trinajstić information content (AvgIpc) is 3.27. The van der Waals surface area contributed by atoms with Crippen molar-refractivity contribution in [2.24, 2.45) is 0 Å². The van der Waals surface area contributed by atoms with Crippen LogP contribution in [0.4, 0.5) is 0 Å². The van der Waals surface area contributed by atoms with Crippen molar-refractivity contribution in [1.82, 2.24) is 10.3 Å². The van der Waals surface area contributed by atoms with Gasteiger partial charge < -0.3 is 10.1 Å². The molecule has 1 atom stereocenters. The third-order valence-electron chi connectivity index (χ3n) is 4.10. The van der Waals surface area contributed by atoms with Gasteiger partial charge in [0.1, 0.15) is 9.88 Å². The molecule has 0 bridgehead atoms. The number of carbonyl (C=O) groups excluding carboxylic acids is 2. The molecular weight excluding hydrogens is 344 g/mol. The molecule has 0 radical (unpaired) electrons. The Kier molecular flexibility index (Phi) is 5.30. The van der Waals surface area contributed by atoms with Crippen LogP contribution in [0, 0.1) is 6.92 Å². The maximum absolute atomic E-state index is 12.4. The number of rotatable bonds is 5. The second kappa shape index (κ2) is 7.44. The lowest BCUT2D eigenvalue weighted by atomic mass is 10.2. The molecule has 5 nitrogen and oxygen atoms in total. The van der Waals surface area contributed by atoms with Gasteiger partial charge in [-0.15, -0.1) is 11.3 Å². The van der Waals surface area contributed by atoms with Crippen molar-refractivity contribution in [3.8, 4) is 10.6 Å². The summed E-state index contributed by atoms with van der Waals surface area (Å²) in [5.41, 5.74) is 1.63. The van der Waals surface area contributed by atoms with Gasteiger partial charge in [0.05, 0.1) is 5.69 Å². The van der Waals surface area contributed by atoms with Crippen LogP contribution in [0.3, 0.4) is 0 Å². The number of thiophene rings is 1. The predicted molar refractivity (Wildman–Crippen MR) is 95.4 cm³/mol. The van der Waals surface area contributed by atoms with Crippen molar-refractivity contribution in [1.29, 1.82) is 0 Å². The number of carbonyl (C=O) groups is 2. The molecule has 0 aromatic carbocycles. The summed E-state index contributed by atoms with van der Waals surface area (Å²) in [6.45, 7) is 3.39. The van der Waals surface area contributed by atoms with E-state index in [0.29, 0.717) is 10.6 Å². The summed E-state index contributed by atoms with van der Waals surface area (Å²) in [5.74, 6) is -0.712. The fourth-order valence-corrected chi connectivity index (χ4v) is 4.41. The van der Waals surface area contributed by atoms with E-state index in [2.05, 4.69) is 10.3 Å². The molecule has 128 valence electrons. The smallest absolute Gasteiger partial charge is 0.351 e. The Bertz CT molecular complexity index is 718. The Morgan fingerprint density at radius 1 is 1.38 bits per heavy atom. The van der Waals surface area contributed by atoms with Crippen LogP contribution in [0.1, 0.15) is 48.0 Å². The Morgan fingerprint density at radius 3 is 2.79 bits per heavy atom. The zero-order valence-corrected chi connectivity index (χ0v) is 15.3. The van der Waals surface area contributed by atoms with Gasteiger partial charge in [0.2, 0.25) is 0 Å². The van der Waals surface area contributed by atoms with Crippen LogP contribution >= 0.6 is 22.7 Å². The number of nitrogens with one attached hydrogen (secondary N) is 1. The van der Waals surface area contributed by atoms with Crippen molar-refractivity contribution in [3.63, 3.8) is 0 Å². The van der Waals surface area contributed by atoms with Crippen LogP contribution < -0.4 is 5.32 Å². The minimum absolute atomic E-state index is 0.217. The first-order chi connectivity index (χ1) is 11.5. The number of ether oxygens (including phenoxy) is 1. The largest absolute Gasteiger partial charge is 0.448 e. The molecule has 2 aromatic heterocycles. The standard InChI is InChI=1S/C17H20N2O3S2/c1-10-14(24-16(18-10)12-7-8-23-9-12)17(21)22-11(2)15(20)19-13-5-3-4-6-13/h7-9,11,13H,3-6H2,1-2H3,(H,19,20). The number of aromatic nitrogens is 1. The van der Waals surface area contributed by atoms with Crippen LogP contribution in [0.15, 0.2) is 16.8 Å². The monoisotopic (exact) mass is 364 g/mol. The van der Waals surface area contributed by atoms with E-state index < -0.39 is 12.1 Å². The van der Waals surface area contributed by atoms with Crippen molar-refractivity contribution in [2.45, 2.75) is 51.7 Å². The van der Waals surface area contributed by atoms with E-state index in [1.165, 1.54) is 11.3 Å². The predicted octanol–water partition coefficient (Wildman–Crippen LogP) is 3.78. The fraction of sp³-hybridized carbons (Fsp3) is 0.471. The zero-order chi connectivity index (χ0) is 17.1. The molecule has 1 unspecified atom stereocenters. The molecule has 24 heavy (non-hydrogen) atoms. The summed E-state index contributed by atoms with van der Waals surface area (Å²) in [4.78, 5) is 29.4. The van der Waals surface area contributed by atoms with Crippen molar-refractivity contribution < 1.29 is 14.3 Å². The lowest BCUT2D eigenvalue weighted by Gasteiger charge is -2.16. The highest BCUT2D eigenvalue weighted by atomic mass is 32.1. The quantitative estimate of drug-likeness (QED) is 0.820. The van der Waals surface area contributed by atoms with Gasteiger partial charge in [-0.25, -0.2) is 9.78 Å². The maximum Gasteiger partial charge on any atom is 0.351 e. The molecule has 1 aliphatic carbocycles. The highest BCUT2D eigenvalue weighted by molar-refractivity contribution is 7.17. The van der Waals surface area contributed by atoms with Gasteiger partial charge in [-0.05, 0) is 38.1 Å². The molecule has 1 N–H and O–H groups in total. The van der Waals surface area contributed by atoms with Crippen molar-refractivity contribution in [3.05, 3.63) is 27.4 Å². The third kappa shape index (κ3) is 3.84. The number of aryl methyl sites for hydroxylation is 1. The summed E-state index contributed by atoms with van der Waals surface area (Å²) in [7, 11) is 0.